The Kier molecular flexibility index (Phi) is 8.86. The quantitative estimate of drug-likeness (QED) is 0.141. The van der Waals surface area contributed by atoms with E-state index in [2.05, 4.69) is 4.98 Å². The van der Waals surface area contributed by atoms with E-state index in [9.17, 15) is 19.5 Å². The minimum Gasteiger partial charge on any atom is -0.507 e. The molecule has 43 heavy (non-hydrogen) atoms. The van der Waals surface area contributed by atoms with E-state index in [1.807, 2.05) is 13.8 Å². The van der Waals surface area contributed by atoms with Gasteiger partial charge in [-0.05, 0) is 63.1 Å². The highest BCUT2D eigenvalue weighted by Crippen LogP contribution is 2.46. The molecule has 5 rings (SSSR count). The first-order valence-corrected chi connectivity index (χ1v) is 14.9. The van der Waals surface area contributed by atoms with Crippen LogP contribution in [0, 0.1) is 6.92 Å². The number of aliphatic hydroxyl groups excluding tert-OH is 1. The van der Waals surface area contributed by atoms with E-state index in [0.29, 0.717) is 60.7 Å². The number of ether oxygens (including phenoxy) is 5. The first kappa shape index (κ1) is 29.9. The van der Waals surface area contributed by atoms with Gasteiger partial charge in [-0.2, -0.15) is 0 Å². The van der Waals surface area contributed by atoms with Crippen molar-refractivity contribution in [3.63, 3.8) is 0 Å². The summed E-state index contributed by atoms with van der Waals surface area (Å²) in [6.07, 6.45) is 0.787. The molecule has 1 N–H and O–H groups in total. The Balaban J connectivity index is 1.69. The fourth-order valence-electron chi connectivity index (χ4n) is 4.86. The SMILES string of the molecule is CCCOc1ccc(C2/C(=C(\O)c3ccc4c(c3)OCCO4)C(=O)C(=O)N2c2nc(C)c(C(=O)OCC)s2)cc1OCC. The zero-order chi connectivity index (χ0) is 30.7. The zero-order valence-corrected chi connectivity index (χ0v) is 25.1. The van der Waals surface area contributed by atoms with Crippen molar-refractivity contribution >= 4 is 39.9 Å². The van der Waals surface area contributed by atoms with Crippen LogP contribution >= 0.6 is 11.3 Å². The van der Waals surface area contributed by atoms with E-state index in [1.54, 1.807) is 50.2 Å². The number of ketones is 1. The fourth-order valence-corrected chi connectivity index (χ4v) is 5.84. The summed E-state index contributed by atoms with van der Waals surface area (Å²) < 4.78 is 28.1. The van der Waals surface area contributed by atoms with Crippen molar-refractivity contribution in [3.8, 4) is 23.0 Å². The number of amides is 1. The van der Waals surface area contributed by atoms with E-state index in [4.69, 9.17) is 23.7 Å². The first-order chi connectivity index (χ1) is 20.8. The molecule has 1 fully saturated rings. The summed E-state index contributed by atoms with van der Waals surface area (Å²) in [5.74, 6) is -0.952. The average molecular weight is 609 g/mol. The average Bonchev–Trinajstić information content (AvgIpc) is 3.52. The van der Waals surface area contributed by atoms with Crippen molar-refractivity contribution in [3.05, 3.63) is 63.7 Å². The van der Waals surface area contributed by atoms with Crippen molar-refractivity contribution < 1.29 is 43.2 Å². The second kappa shape index (κ2) is 12.7. The Morgan fingerprint density at radius 3 is 2.51 bits per heavy atom. The van der Waals surface area contributed by atoms with Crippen LogP contribution in [0.5, 0.6) is 23.0 Å². The second-order valence-corrected chi connectivity index (χ2v) is 10.6. The minimum absolute atomic E-state index is 0.109. The molecule has 1 amide bonds. The van der Waals surface area contributed by atoms with Gasteiger partial charge in [-0.1, -0.05) is 24.3 Å². The number of aliphatic hydroxyl groups is 1. The molecule has 0 saturated carbocycles. The van der Waals surface area contributed by atoms with E-state index in [1.165, 1.54) is 4.90 Å². The van der Waals surface area contributed by atoms with E-state index < -0.39 is 29.5 Å². The molecule has 226 valence electrons. The molecule has 2 aliphatic rings. The third kappa shape index (κ3) is 5.74. The highest BCUT2D eigenvalue weighted by atomic mass is 32.1. The molecule has 3 aromatic rings. The number of hydrogen-bond acceptors (Lipinski definition) is 11. The summed E-state index contributed by atoms with van der Waals surface area (Å²) in [6, 6.07) is 8.78. The number of hydrogen-bond donors (Lipinski definition) is 1. The molecule has 1 aromatic heterocycles. The lowest BCUT2D eigenvalue weighted by Crippen LogP contribution is -2.29. The maximum atomic E-state index is 13.7. The van der Waals surface area contributed by atoms with Gasteiger partial charge in [-0.15, -0.1) is 0 Å². The molecule has 2 aromatic carbocycles. The number of benzene rings is 2. The van der Waals surface area contributed by atoms with Crippen molar-refractivity contribution in [2.75, 3.05) is 37.9 Å². The number of carbonyl (C=O) groups excluding carboxylic acids is 3. The Labute approximate surface area is 252 Å². The molecule has 1 saturated heterocycles. The molecule has 0 bridgehead atoms. The summed E-state index contributed by atoms with van der Waals surface area (Å²) in [5, 5.41) is 11.7. The predicted molar refractivity (Wildman–Crippen MR) is 158 cm³/mol. The Bertz CT molecular complexity index is 1600. The molecule has 11 nitrogen and oxygen atoms in total. The third-order valence-electron chi connectivity index (χ3n) is 6.76. The smallest absolute Gasteiger partial charge is 0.350 e. The van der Waals surface area contributed by atoms with Crippen LogP contribution in [0.2, 0.25) is 0 Å². The van der Waals surface area contributed by atoms with Gasteiger partial charge < -0.3 is 28.8 Å². The van der Waals surface area contributed by atoms with Crippen molar-refractivity contribution in [1.29, 1.82) is 0 Å². The maximum absolute atomic E-state index is 13.7. The number of Topliss-reactive ketones (excluding diaryl/α,β-unsaturated/α-hetero) is 1. The molecular formula is C31H32N2O9S. The van der Waals surface area contributed by atoms with Crippen LogP contribution in [0.15, 0.2) is 42.0 Å². The zero-order valence-electron chi connectivity index (χ0n) is 24.3. The summed E-state index contributed by atoms with van der Waals surface area (Å²) in [4.78, 5) is 45.8. The molecule has 12 heteroatoms. The number of nitrogens with zero attached hydrogens (tertiary/aromatic N) is 2. The third-order valence-corrected chi connectivity index (χ3v) is 7.89. The molecule has 0 aliphatic carbocycles. The largest absolute Gasteiger partial charge is 0.507 e. The Morgan fingerprint density at radius 2 is 1.79 bits per heavy atom. The number of aromatic nitrogens is 1. The van der Waals surface area contributed by atoms with Gasteiger partial charge in [-0.3, -0.25) is 14.5 Å². The first-order valence-electron chi connectivity index (χ1n) is 14.0. The van der Waals surface area contributed by atoms with E-state index in [-0.39, 0.29) is 27.8 Å². The summed E-state index contributed by atoms with van der Waals surface area (Å²) in [5.41, 5.74) is 0.931. The highest BCUT2D eigenvalue weighted by molar-refractivity contribution is 7.17. The van der Waals surface area contributed by atoms with Gasteiger partial charge in [0.2, 0.25) is 0 Å². The Morgan fingerprint density at radius 1 is 1.02 bits per heavy atom. The lowest BCUT2D eigenvalue weighted by molar-refractivity contribution is -0.132. The standard InChI is InChI=1S/C31H32N2O9S/c1-5-12-40-20-10-8-18(15-22(20)38-6-2)25-24(26(34)19-9-11-21-23(16-19)42-14-13-41-21)27(35)29(36)33(25)31-32-17(4)28(43-31)30(37)39-7-3/h8-11,15-16,25,34H,5-7,12-14H2,1-4H3/b26-24+. The predicted octanol–water partition coefficient (Wildman–Crippen LogP) is 5.21. The molecule has 0 radical (unpaired) electrons. The van der Waals surface area contributed by atoms with Gasteiger partial charge in [0.25, 0.3) is 5.78 Å². The van der Waals surface area contributed by atoms with Crippen LogP contribution in [-0.2, 0) is 14.3 Å². The van der Waals surface area contributed by atoms with Gasteiger partial charge in [0.05, 0.1) is 37.1 Å². The van der Waals surface area contributed by atoms with Crippen LogP contribution in [0.25, 0.3) is 5.76 Å². The summed E-state index contributed by atoms with van der Waals surface area (Å²) in [7, 11) is 0. The molecule has 0 spiro atoms. The second-order valence-electron chi connectivity index (χ2n) is 9.65. The van der Waals surface area contributed by atoms with E-state index in [0.717, 1.165) is 17.8 Å². The van der Waals surface area contributed by atoms with Crippen LogP contribution < -0.4 is 23.8 Å². The maximum Gasteiger partial charge on any atom is 0.350 e. The lowest BCUT2D eigenvalue weighted by atomic mass is 9.95. The molecule has 2 aliphatic heterocycles. The highest BCUT2D eigenvalue weighted by Gasteiger charge is 2.48. The van der Waals surface area contributed by atoms with E-state index >= 15 is 0 Å². The van der Waals surface area contributed by atoms with Crippen LogP contribution in [0.4, 0.5) is 5.13 Å². The minimum atomic E-state index is -1.10. The topological polar surface area (TPSA) is 134 Å². The molecular weight excluding hydrogens is 576 g/mol. The molecule has 3 heterocycles. The number of rotatable bonds is 10. The van der Waals surface area contributed by atoms with Gasteiger partial charge in [0.1, 0.15) is 23.9 Å². The lowest BCUT2D eigenvalue weighted by Gasteiger charge is -2.24. The fraction of sp³-hybridized carbons (Fsp3) is 0.355. The van der Waals surface area contributed by atoms with Crippen LogP contribution in [-0.4, -0.2) is 60.8 Å². The van der Waals surface area contributed by atoms with Crippen LogP contribution in [0.3, 0.4) is 0 Å². The van der Waals surface area contributed by atoms with Gasteiger partial charge in [0.15, 0.2) is 28.1 Å². The van der Waals surface area contributed by atoms with Crippen molar-refractivity contribution in [2.45, 2.75) is 40.2 Å². The van der Waals surface area contributed by atoms with Gasteiger partial charge >= 0.3 is 11.9 Å². The van der Waals surface area contributed by atoms with Crippen molar-refractivity contribution in [2.24, 2.45) is 0 Å². The number of thiazole rings is 1. The van der Waals surface area contributed by atoms with Gasteiger partial charge in [0, 0.05) is 5.56 Å². The summed E-state index contributed by atoms with van der Waals surface area (Å²) in [6.45, 7) is 8.84. The summed E-state index contributed by atoms with van der Waals surface area (Å²) >= 11 is 0.936. The normalized spacial score (nSPS) is 17.2. The Hall–Kier alpha value is -4.58. The number of fused-ring (bicyclic) bond motifs is 1. The van der Waals surface area contributed by atoms with Crippen molar-refractivity contribution in [1.82, 2.24) is 4.98 Å². The number of esters is 1. The monoisotopic (exact) mass is 608 g/mol. The number of anilines is 1. The molecule has 1 unspecified atom stereocenters. The van der Waals surface area contributed by atoms with Gasteiger partial charge in [-0.25, -0.2) is 9.78 Å². The van der Waals surface area contributed by atoms with Crippen LogP contribution in [0.1, 0.15) is 59.7 Å². The number of carbonyl (C=O) groups is 3. The number of aryl methyl sites for hydroxylation is 1. The molecule has 1 atom stereocenters.